The monoisotopic (exact) mass is 410 g/mol. The van der Waals surface area contributed by atoms with Crippen LogP contribution in [0.25, 0.3) is 0 Å². The molecule has 0 saturated heterocycles. The highest BCUT2D eigenvalue weighted by Gasteiger charge is 2.52. The predicted molar refractivity (Wildman–Crippen MR) is 123 cm³/mol. The summed E-state index contributed by atoms with van der Waals surface area (Å²) in [5.41, 5.74) is 2.04. The van der Waals surface area contributed by atoms with Crippen molar-refractivity contribution >= 4 is 14.1 Å². The predicted octanol–water partition coefficient (Wildman–Crippen LogP) is 6.55. The Kier molecular flexibility index (Phi) is 6.19. The van der Waals surface area contributed by atoms with Crippen LogP contribution >= 0.6 is 0 Å². The molecule has 4 unspecified atom stereocenters. The molecule has 3 rings (SSSR count). The third-order valence-corrected chi connectivity index (χ3v) is 8.23. The van der Waals surface area contributed by atoms with E-state index in [1.807, 2.05) is 0 Å². The first kappa shape index (κ1) is 22.3. The number of fused-ring (bicyclic) bond motifs is 1. The summed E-state index contributed by atoms with van der Waals surface area (Å²) < 4.78 is 6.49. The Morgan fingerprint density at radius 3 is 2.59 bits per heavy atom. The number of carbonyl (C=O) groups is 1. The largest absolute Gasteiger partial charge is 0.409 e. The summed E-state index contributed by atoms with van der Waals surface area (Å²) in [6.07, 6.45) is 5.20. The topological polar surface area (TPSA) is 26.3 Å². The second kappa shape index (κ2) is 8.04. The first-order valence-corrected chi connectivity index (χ1v) is 14.7. The molecule has 0 aliphatic heterocycles. The third kappa shape index (κ3) is 4.70. The lowest BCUT2D eigenvalue weighted by molar-refractivity contribution is -0.129. The second-order valence-electron chi connectivity index (χ2n) is 10.9. The van der Waals surface area contributed by atoms with Crippen LogP contribution < -0.4 is 0 Å². The molecule has 0 spiro atoms. The minimum Gasteiger partial charge on any atom is -0.409 e. The van der Waals surface area contributed by atoms with Gasteiger partial charge in [0, 0.05) is 23.8 Å². The van der Waals surface area contributed by atoms with E-state index in [2.05, 4.69) is 83.4 Å². The van der Waals surface area contributed by atoms with Crippen molar-refractivity contribution < 1.29 is 9.22 Å². The Balaban J connectivity index is 1.85. The zero-order valence-electron chi connectivity index (χ0n) is 19.4. The lowest BCUT2D eigenvalue weighted by Gasteiger charge is -2.41. The van der Waals surface area contributed by atoms with E-state index in [4.69, 9.17) is 4.43 Å². The van der Waals surface area contributed by atoms with Crippen LogP contribution in [0.4, 0.5) is 0 Å². The number of carbonyl (C=O) groups excluding carboxylic acids is 1. The molecule has 0 radical (unpaired) electrons. The van der Waals surface area contributed by atoms with E-state index in [0.29, 0.717) is 17.6 Å². The van der Waals surface area contributed by atoms with Crippen molar-refractivity contribution in [3.05, 3.63) is 35.4 Å². The maximum Gasteiger partial charge on any atom is 0.184 e. The summed E-state index contributed by atoms with van der Waals surface area (Å²) in [4.78, 5) is 12.5. The summed E-state index contributed by atoms with van der Waals surface area (Å²) in [5.74, 6) is 8.67. The summed E-state index contributed by atoms with van der Waals surface area (Å²) in [6.45, 7) is 15.6. The van der Waals surface area contributed by atoms with Gasteiger partial charge in [0.2, 0.25) is 0 Å². The number of hydrogen-bond acceptors (Lipinski definition) is 2. The second-order valence-corrected chi connectivity index (χ2v) is 15.3. The van der Waals surface area contributed by atoms with E-state index in [1.54, 1.807) is 0 Å². The highest BCUT2D eigenvalue weighted by molar-refractivity contribution is 6.69. The molecule has 29 heavy (non-hydrogen) atoms. The van der Waals surface area contributed by atoms with Gasteiger partial charge in [-0.25, -0.2) is 0 Å². The molecule has 2 nitrogen and oxygen atoms in total. The molecule has 0 N–H and O–H groups in total. The lowest BCUT2D eigenvalue weighted by atomic mass is 9.62. The molecule has 0 heterocycles. The maximum atomic E-state index is 12.5. The molecule has 0 bridgehead atoms. The summed E-state index contributed by atoms with van der Waals surface area (Å²) in [5, 5.41) is 0. The van der Waals surface area contributed by atoms with Gasteiger partial charge in [0.1, 0.15) is 5.78 Å². The molecule has 3 heteroatoms. The number of rotatable bonds is 4. The van der Waals surface area contributed by atoms with Crippen molar-refractivity contribution in [1.82, 2.24) is 0 Å². The molecular weight excluding hydrogens is 372 g/mol. The summed E-state index contributed by atoms with van der Waals surface area (Å²) in [6, 6.07) is 8.42. The quantitative estimate of drug-likeness (QED) is 0.416. The van der Waals surface area contributed by atoms with Crippen molar-refractivity contribution in [3.8, 4) is 11.8 Å². The maximum absolute atomic E-state index is 12.5. The SMILES string of the molecule is CC(C#Cc1ccccc1C(C)(C)O[Si](C)(C)C)C1CCC2C(=O)CCCC21C. The summed E-state index contributed by atoms with van der Waals surface area (Å²) in [7, 11) is -1.68. The van der Waals surface area contributed by atoms with Crippen LogP contribution in [0.3, 0.4) is 0 Å². The Hall–Kier alpha value is -1.37. The fourth-order valence-electron chi connectivity index (χ4n) is 6.02. The van der Waals surface area contributed by atoms with Crippen LogP contribution in [-0.2, 0) is 14.8 Å². The smallest absolute Gasteiger partial charge is 0.184 e. The number of benzene rings is 1. The van der Waals surface area contributed by atoms with E-state index >= 15 is 0 Å². The van der Waals surface area contributed by atoms with Crippen LogP contribution in [-0.4, -0.2) is 14.1 Å². The fraction of sp³-hybridized carbons (Fsp3) is 0.654. The standard InChI is InChI=1S/C26H38O2Si/c1-19(21-16-17-23-24(27)13-10-18-26(21,23)4)14-15-20-11-8-9-12-22(20)25(2,3)28-29(5,6)7/h8-9,11-12,19,21,23H,10,13,16-18H2,1-7H3. The molecule has 2 saturated carbocycles. The van der Waals surface area contributed by atoms with E-state index in [9.17, 15) is 4.79 Å². The van der Waals surface area contributed by atoms with Gasteiger partial charge in [0.05, 0.1) is 5.60 Å². The van der Waals surface area contributed by atoms with Gasteiger partial charge in [0.25, 0.3) is 0 Å². The minimum atomic E-state index is -1.68. The third-order valence-electron chi connectivity index (χ3n) is 7.11. The zero-order chi connectivity index (χ0) is 21.4. The summed E-state index contributed by atoms with van der Waals surface area (Å²) >= 11 is 0. The van der Waals surface area contributed by atoms with Gasteiger partial charge in [-0.15, -0.1) is 0 Å². The Bertz CT molecular complexity index is 823. The van der Waals surface area contributed by atoms with Gasteiger partial charge in [-0.1, -0.05) is 43.9 Å². The molecule has 1 aromatic carbocycles. The molecule has 2 aliphatic rings. The normalized spacial score (nSPS) is 28.4. The van der Waals surface area contributed by atoms with Gasteiger partial charge in [-0.2, -0.15) is 0 Å². The molecular formula is C26H38O2Si. The number of ketones is 1. The molecule has 2 aliphatic carbocycles. The number of hydrogen-bond donors (Lipinski definition) is 0. The van der Waals surface area contributed by atoms with Crippen molar-refractivity contribution in [2.45, 2.75) is 85.0 Å². The molecule has 0 aromatic heterocycles. The molecule has 2 fully saturated rings. The van der Waals surface area contributed by atoms with E-state index in [0.717, 1.165) is 31.2 Å². The van der Waals surface area contributed by atoms with Gasteiger partial charge in [0.15, 0.2) is 8.32 Å². The van der Waals surface area contributed by atoms with E-state index in [-0.39, 0.29) is 16.9 Å². The Morgan fingerprint density at radius 2 is 1.90 bits per heavy atom. The lowest BCUT2D eigenvalue weighted by Crippen LogP contribution is -2.39. The zero-order valence-corrected chi connectivity index (χ0v) is 20.4. The minimum absolute atomic E-state index is 0.142. The van der Waals surface area contributed by atoms with Gasteiger partial charge < -0.3 is 4.43 Å². The molecule has 4 atom stereocenters. The Morgan fingerprint density at radius 1 is 1.21 bits per heavy atom. The van der Waals surface area contributed by atoms with Crippen molar-refractivity contribution in [1.29, 1.82) is 0 Å². The van der Waals surface area contributed by atoms with E-state index in [1.165, 1.54) is 12.0 Å². The molecule has 158 valence electrons. The van der Waals surface area contributed by atoms with Crippen LogP contribution in [0.1, 0.15) is 70.9 Å². The van der Waals surface area contributed by atoms with E-state index < -0.39 is 8.32 Å². The van der Waals surface area contributed by atoms with Gasteiger partial charge in [-0.05, 0) is 82.1 Å². The number of Topliss-reactive ketones (excluding diaryl/α,β-unsaturated/α-hetero) is 1. The highest BCUT2D eigenvalue weighted by Crippen LogP contribution is 2.56. The average Bonchev–Trinajstić information content (AvgIpc) is 2.96. The highest BCUT2D eigenvalue weighted by atomic mass is 28.4. The first-order chi connectivity index (χ1) is 13.4. The first-order valence-electron chi connectivity index (χ1n) is 11.3. The fourth-order valence-corrected chi connectivity index (χ4v) is 7.66. The van der Waals surface area contributed by atoms with Crippen molar-refractivity contribution in [2.24, 2.45) is 23.2 Å². The van der Waals surface area contributed by atoms with Crippen molar-refractivity contribution in [2.75, 3.05) is 0 Å². The van der Waals surface area contributed by atoms with Crippen LogP contribution in [0.5, 0.6) is 0 Å². The van der Waals surface area contributed by atoms with Crippen LogP contribution in [0.15, 0.2) is 24.3 Å². The van der Waals surface area contributed by atoms with Gasteiger partial charge in [-0.3, -0.25) is 4.79 Å². The Labute approximate surface area is 178 Å². The molecule has 1 aromatic rings. The van der Waals surface area contributed by atoms with Gasteiger partial charge >= 0.3 is 0 Å². The van der Waals surface area contributed by atoms with Crippen LogP contribution in [0.2, 0.25) is 19.6 Å². The van der Waals surface area contributed by atoms with Crippen molar-refractivity contribution in [3.63, 3.8) is 0 Å². The van der Waals surface area contributed by atoms with Crippen LogP contribution in [0, 0.1) is 35.0 Å². The average molecular weight is 411 g/mol. The molecule has 0 amide bonds.